The largest absolute Gasteiger partial charge is 0.481 e. The van der Waals surface area contributed by atoms with Crippen LogP contribution in [0.5, 0.6) is 0 Å². The highest BCUT2D eigenvalue weighted by molar-refractivity contribution is 5.79. The minimum atomic E-state index is -0.923. The Labute approximate surface area is 96.2 Å². The van der Waals surface area contributed by atoms with Crippen LogP contribution in [-0.2, 0) is 14.3 Å². The van der Waals surface area contributed by atoms with Crippen LogP contribution in [0.3, 0.4) is 0 Å². The lowest BCUT2D eigenvalue weighted by Crippen LogP contribution is -2.52. The number of ether oxygens (including phenoxy) is 1. The van der Waals surface area contributed by atoms with Gasteiger partial charge in [0.1, 0.15) is 6.61 Å². The maximum Gasteiger partial charge on any atom is 0.305 e. The predicted molar refractivity (Wildman–Crippen MR) is 60.1 cm³/mol. The Bertz CT molecular complexity index is 252. The molecule has 5 heteroatoms. The predicted octanol–water partition coefficient (Wildman–Crippen LogP) is 1.03. The third kappa shape index (κ3) is 5.11. The molecule has 0 spiro atoms. The summed E-state index contributed by atoms with van der Waals surface area (Å²) in [6, 6.07) is 0. The molecule has 0 aliphatic heterocycles. The summed E-state index contributed by atoms with van der Waals surface area (Å²) < 4.78 is 4.97. The van der Waals surface area contributed by atoms with Crippen molar-refractivity contribution < 1.29 is 19.4 Å². The molecular formula is C11H21NO4. The summed E-state index contributed by atoms with van der Waals surface area (Å²) in [4.78, 5) is 22.2. The molecule has 1 atom stereocenters. The topological polar surface area (TPSA) is 75.6 Å². The van der Waals surface area contributed by atoms with E-state index in [9.17, 15) is 9.59 Å². The highest BCUT2D eigenvalue weighted by Gasteiger charge is 2.32. The van der Waals surface area contributed by atoms with Crippen LogP contribution in [0.4, 0.5) is 0 Å². The molecule has 0 saturated heterocycles. The van der Waals surface area contributed by atoms with E-state index in [0.717, 1.165) is 0 Å². The maximum absolute atomic E-state index is 11.5. The van der Waals surface area contributed by atoms with E-state index in [4.69, 9.17) is 9.84 Å². The first-order chi connectivity index (χ1) is 7.31. The smallest absolute Gasteiger partial charge is 0.305 e. The summed E-state index contributed by atoms with van der Waals surface area (Å²) >= 11 is 0. The SMILES string of the molecule is CCOCC(=O)NC(C)(CC(=O)O)C(C)C. The number of hydrogen-bond acceptors (Lipinski definition) is 3. The zero-order valence-electron chi connectivity index (χ0n) is 10.4. The van der Waals surface area contributed by atoms with E-state index in [-0.39, 0.29) is 24.9 Å². The molecule has 5 nitrogen and oxygen atoms in total. The van der Waals surface area contributed by atoms with Gasteiger partial charge < -0.3 is 15.2 Å². The fourth-order valence-electron chi connectivity index (χ4n) is 1.26. The van der Waals surface area contributed by atoms with Gasteiger partial charge in [-0.3, -0.25) is 9.59 Å². The highest BCUT2D eigenvalue weighted by atomic mass is 16.5. The summed E-state index contributed by atoms with van der Waals surface area (Å²) in [7, 11) is 0. The van der Waals surface area contributed by atoms with Crippen molar-refractivity contribution in [1.29, 1.82) is 0 Å². The second kappa shape index (κ2) is 6.48. The first-order valence-electron chi connectivity index (χ1n) is 5.42. The van der Waals surface area contributed by atoms with E-state index in [0.29, 0.717) is 6.61 Å². The Morgan fingerprint density at radius 1 is 1.44 bits per heavy atom. The molecule has 0 saturated carbocycles. The van der Waals surface area contributed by atoms with E-state index < -0.39 is 11.5 Å². The maximum atomic E-state index is 11.5. The molecule has 0 bridgehead atoms. The van der Waals surface area contributed by atoms with Gasteiger partial charge in [-0.1, -0.05) is 13.8 Å². The standard InChI is InChI=1S/C11H21NO4/c1-5-16-7-9(13)12-11(4,8(2)3)6-10(14)15/h8H,5-7H2,1-4H3,(H,12,13)(H,14,15). The van der Waals surface area contributed by atoms with Crippen LogP contribution in [0, 0.1) is 5.92 Å². The number of carboxylic acid groups (broad SMARTS) is 1. The fraction of sp³-hybridized carbons (Fsp3) is 0.818. The molecule has 94 valence electrons. The van der Waals surface area contributed by atoms with Gasteiger partial charge in [0.25, 0.3) is 0 Å². The van der Waals surface area contributed by atoms with Crippen LogP contribution in [0.2, 0.25) is 0 Å². The van der Waals surface area contributed by atoms with Crippen molar-refractivity contribution in [1.82, 2.24) is 5.32 Å². The molecule has 0 aromatic carbocycles. The zero-order valence-corrected chi connectivity index (χ0v) is 10.4. The summed E-state index contributed by atoms with van der Waals surface area (Å²) in [6.45, 7) is 7.72. The average Bonchev–Trinajstić information content (AvgIpc) is 2.12. The molecule has 1 amide bonds. The molecule has 16 heavy (non-hydrogen) atoms. The van der Waals surface area contributed by atoms with E-state index >= 15 is 0 Å². The van der Waals surface area contributed by atoms with Crippen molar-refractivity contribution in [3.63, 3.8) is 0 Å². The van der Waals surface area contributed by atoms with Crippen molar-refractivity contribution in [2.45, 2.75) is 39.7 Å². The summed E-state index contributed by atoms with van der Waals surface area (Å²) in [5.74, 6) is -1.17. The van der Waals surface area contributed by atoms with Crippen molar-refractivity contribution in [3.05, 3.63) is 0 Å². The minimum absolute atomic E-state index is 0.0293. The van der Waals surface area contributed by atoms with Gasteiger partial charge in [0, 0.05) is 6.61 Å². The van der Waals surface area contributed by atoms with Gasteiger partial charge in [-0.05, 0) is 19.8 Å². The number of carbonyl (C=O) groups excluding carboxylic acids is 1. The monoisotopic (exact) mass is 231 g/mol. The Balaban J connectivity index is 4.43. The number of rotatable bonds is 7. The number of carboxylic acids is 1. The molecule has 1 unspecified atom stereocenters. The fourth-order valence-corrected chi connectivity index (χ4v) is 1.26. The Morgan fingerprint density at radius 2 is 2.00 bits per heavy atom. The summed E-state index contributed by atoms with van der Waals surface area (Å²) in [5.41, 5.74) is -0.736. The van der Waals surface area contributed by atoms with Gasteiger partial charge in [-0.25, -0.2) is 0 Å². The number of amides is 1. The van der Waals surface area contributed by atoms with Crippen LogP contribution in [0.1, 0.15) is 34.1 Å². The molecule has 0 aliphatic rings. The Hall–Kier alpha value is -1.10. The van der Waals surface area contributed by atoms with Gasteiger partial charge in [0.2, 0.25) is 5.91 Å². The van der Waals surface area contributed by atoms with Gasteiger partial charge in [-0.2, -0.15) is 0 Å². The third-order valence-electron chi connectivity index (χ3n) is 2.65. The molecule has 2 N–H and O–H groups in total. The molecular weight excluding hydrogens is 210 g/mol. The quantitative estimate of drug-likeness (QED) is 0.686. The van der Waals surface area contributed by atoms with Gasteiger partial charge in [0.05, 0.1) is 12.0 Å². The normalized spacial score (nSPS) is 14.6. The number of nitrogens with one attached hydrogen (secondary N) is 1. The molecule has 0 aromatic rings. The van der Waals surface area contributed by atoms with Crippen LogP contribution in [0.25, 0.3) is 0 Å². The van der Waals surface area contributed by atoms with Crippen LogP contribution in [0.15, 0.2) is 0 Å². The Kier molecular flexibility index (Phi) is 6.03. The molecule has 0 radical (unpaired) electrons. The molecule has 0 rings (SSSR count). The zero-order chi connectivity index (χ0) is 12.8. The number of aliphatic carboxylic acids is 1. The molecule has 0 aromatic heterocycles. The van der Waals surface area contributed by atoms with E-state index in [1.54, 1.807) is 13.8 Å². The number of hydrogen-bond donors (Lipinski definition) is 2. The van der Waals surface area contributed by atoms with Crippen molar-refractivity contribution >= 4 is 11.9 Å². The van der Waals surface area contributed by atoms with Crippen LogP contribution >= 0.6 is 0 Å². The molecule has 0 aliphatic carbocycles. The van der Waals surface area contributed by atoms with Crippen LogP contribution in [-0.4, -0.2) is 35.7 Å². The van der Waals surface area contributed by atoms with Gasteiger partial charge >= 0.3 is 5.97 Å². The molecule has 0 heterocycles. The van der Waals surface area contributed by atoms with Crippen molar-refractivity contribution in [2.75, 3.05) is 13.2 Å². The number of carbonyl (C=O) groups is 2. The third-order valence-corrected chi connectivity index (χ3v) is 2.65. The summed E-state index contributed by atoms with van der Waals surface area (Å²) in [5, 5.41) is 11.5. The van der Waals surface area contributed by atoms with E-state index in [1.165, 1.54) is 0 Å². The lowest BCUT2D eigenvalue weighted by molar-refractivity contribution is -0.140. The Morgan fingerprint density at radius 3 is 2.38 bits per heavy atom. The van der Waals surface area contributed by atoms with E-state index in [2.05, 4.69) is 5.32 Å². The average molecular weight is 231 g/mol. The first-order valence-corrected chi connectivity index (χ1v) is 5.42. The minimum Gasteiger partial charge on any atom is -0.481 e. The van der Waals surface area contributed by atoms with Crippen LogP contribution < -0.4 is 5.32 Å². The van der Waals surface area contributed by atoms with Gasteiger partial charge in [-0.15, -0.1) is 0 Å². The molecule has 0 fully saturated rings. The summed E-state index contributed by atoms with van der Waals surface area (Å²) in [6.07, 6.45) is -0.0947. The second-order valence-electron chi connectivity index (χ2n) is 4.33. The first kappa shape index (κ1) is 14.9. The van der Waals surface area contributed by atoms with E-state index in [1.807, 2.05) is 13.8 Å². The highest BCUT2D eigenvalue weighted by Crippen LogP contribution is 2.20. The second-order valence-corrected chi connectivity index (χ2v) is 4.33. The van der Waals surface area contributed by atoms with Crippen molar-refractivity contribution in [3.8, 4) is 0 Å². The lowest BCUT2D eigenvalue weighted by atomic mass is 9.85. The van der Waals surface area contributed by atoms with Crippen molar-refractivity contribution in [2.24, 2.45) is 5.92 Å². The lowest BCUT2D eigenvalue weighted by Gasteiger charge is -2.33. The van der Waals surface area contributed by atoms with Gasteiger partial charge in [0.15, 0.2) is 0 Å².